The largest absolute Gasteiger partial charge is 0.478 e. The van der Waals surface area contributed by atoms with Crippen molar-refractivity contribution >= 4 is 34.9 Å². The second kappa shape index (κ2) is 7.71. The first kappa shape index (κ1) is 19.2. The number of nitrogens with one attached hydrogen (secondary N) is 1. The van der Waals surface area contributed by atoms with Crippen molar-refractivity contribution in [3.8, 4) is 0 Å². The van der Waals surface area contributed by atoms with Crippen LogP contribution in [0.4, 0.5) is 4.79 Å². The molecule has 1 fully saturated rings. The molecule has 1 saturated heterocycles. The van der Waals surface area contributed by atoms with Crippen molar-refractivity contribution in [2.45, 2.75) is 6.54 Å². The molecule has 0 aliphatic carbocycles. The third kappa shape index (κ3) is 3.48. The molecule has 150 valence electrons. The Balaban J connectivity index is 1.72. The molecule has 1 aromatic heterocycles. The number of para-hydroxylation sites is 1. The number of hydrogen-bond donors (Lipinski definition) is 2. The zero-order chi connectivity index (χ0) is 21.3. The van der Waals surface area contributed by atoms with Gasteiger partial charge in [0.05, 0.1) is 5.56 Å². The van der Waals surface area contributed by atoms with Gasteiger partial charge in [-0.2, -0.15) is 0 Å². The number of hydrogen-bond acceptors (Lipinski definition) is 3. The van der Waals surface area contributed by atoms with E-state index in [1.54, 1.807) is 24.3 Å². The highest BCUT2D eigenvalue weighted by atomic mass is 16.4. The van der Waals surface area contributed by atoms with Gasteiger partial charge in [-0.15, -0.1) is 6.58 Å². The molecule has 0 saturated carbocycles. The number of urea groups is 1. The van der Waals surface area contributed by atoms with E-state index in [-0.39, 0.29) is 17.8 Å². The zero-order valence-corrected chi connectivity index (χ0v) is 16.0. The summed E-state index contributed by atoms with van der Waals surface area (Å²) in [5.41, 5.74) is 3.00. The van der Waals surface area contributed by atoms with Crippen molar-refractivity contribution in [3.05, 3.63) is 89.8 Å². The summed E-state index contributed by atoms with van der Waals surface area (Å²) in [5.74, 6) is -1.37. The van der Waals surface area contributed by atoms with E-state index in [0.29, 0.717) is 6.54 Å². The fraction of sp³-hybridized carbons (Fsp3) is 0.0870. The van der Waals surface area contributed by atoms with Gasteiger partial charge in [0.1, 0.15) is 5.70 Å². The van der Waals surface area contributed by atoms with Crippen molar-refractivity contribution in [1.82, 2.24) is 14.8 Å². The highest BCUT2D eigenvalue weighted by Crippen LogP contribution is 2.25. The van der Waals surface area contributed by atoms with Gasteiger partial charge in [-0.1, -0.05) is 36.4 Å². The SMILES string of the molecule is C=CCN1C(=O)N/C(=C/c2cn(Cc3cccc(C(=O)O)c3)c3ccccc23)C1=O. The molecule has 30 heavy (non-hydrogen) atoms. The van der Waals surface area contributed by atoms with Gasteiger partial charge in [0, 0.05) is 35.8 Å². The summed E-state index contributed by atoms with van der Waals surface area (Å²) in [7, 11) is 0. The Morgan fingerprint density at radius 2 is 1.93 bits per heavy atom. The van der Waals surface area contributed by atoms with Crippen LogP contribution in [0.25, 0.3) is 17.0 Å². The van der Waals surface area contributed by atoms with Gasteiger partial charge >= 0.3 is 12.0 Å². The smallest absolute Gasteiger partial charge is 0.335 e. The van der Waals surface area contributed by atoms with E-state index in [2.05, 4.69) is 11.9 Å². The van der Waals surface area contributed by atoms with Crippen molar-refractivity contribution in [3.63, 3.8) is 0 Å². The third-order valence-electron chi connectivity index (χ3n) is 4.92. The first-order chi connectivity index (χ1) is 14.5. The highest BCUT2D eigenvalue weighted by Gasteiger charge is 2.32. The number of aromatic carboxylic acids is 1. The van der Waals surface area contributed by atoms with Gasteiger partial charge in [-0.25, -0.2) is 9.59 Å². The molecule has 2 heterocycles. The zero-order valence-electron chi connectivity index (χ0n) is 16.0. The van der Waals surface area contributed by atoms with E-state index >= 15 is 0 Å². The second-order valence-corrected chi connectivity index (χ2v) is 6.93. The van der Waals surface area contributed by atoms with Crippen LogP contribution in [0.1, 0.15) is 21.5 Å². The lowest BCUT2D eigenvalue weighted by Crippen LogP contribution is -2.30. The Bertz CT molecular complexity index is 1220. The van der Waals surface area contributed by atoms with E-state index in [0.717, 1.165) is 26.9 Å². The minimum absolute atomic E-state index is 0.143. The molecule has 4 rings (SSSR count). The van der Waals surface area contributed by atoms with Crippen LogP contribution in [0.3, 0.4) is 0 Å². The molecule has 0 spiro atoms. The minimum Gasteiger partial charge on any atom is -0.478 e. The first-order valence-electron chi connectivity index (χ1n) is 9.33. The summed E-state index contributed by atoms with van der Waals surface area (Å²) in [6.45, 7) is 4.18. The Morgan fingerprint density at radius 1 is 1.13 bits per heavy atom. The third-order valence-corrected chi connectivity index (χ3v) is 4.92. The predicted octanol–water partition coefficient (Wildman–Crippen LogP) is 3.47. The quantitative estimate of drug-likeness (QED) is 0.376. The maximum absolute atomic E-state index is 12.5. The molecule has 3 aromatic rings. The van der Waals surface area contributed by atoms with Crippen molar-refractivity contribution in [2.24, 2.45) is 0 Å². The molecule has 0 atom stereocenters. The fourth-order valence-corrected chi connectivity index (χ4v) is 3.54. The normalized spacial score (nSPS) is 15.1. The van der Waals surface area contributed by atoms with E-state index in [4.69, 9.17) is 0 Å². The van der Waals surface area contributed by atoms with Crippen molar-refractivity contribution < 1.29 is 19.5 Å². The van der Waals surface area contributed by atoms with Crippen LogP contribution < -0.4 is 5.32 Å². The standard InChI is InChI=1S/C23H19N3O4/c1-2-10-26-21(27)19(24-23(26)30)12-17-14-25(20-9-4-3-8-18(17)20)13-15-6-5-7-16(11-15)22(28)29/h2-9,11-12,14H,1,10,13H2,(H,24,30)(H,28,29)/b19-12+. The van der Waals surface area contributed by atoms with E-state index in [9.17, 15) is 19.5 Å². The molecule has 7 nitrogen and oxygen atoms in total. The number of amides is 3. The van der Waals surface area contributed by atoms with Crippen molar-refractivity contribution in [2.75, 3.05) is 6.54 Å². The number of fused-ring (bicyclic) bond motifs is 1. The molecule has 0 bridgehead atoms. The number of carboxylic acids is 1. The summed E-state index contributed by atoms with van der Waals surface area (Å²) in [4.78, 5) is 36.9. The number of benzene rings is 2. The van der Waals surface area contributed by atoms with E-state index in [1.165, 1.54) is 6.08 Å². The van der Waals surface area contributed by atoms with Crippen LogP contribution in [-0.2, 0) is 11.3 Å². The number of rotatable bonds is 6. The van der Waals surface area contributed by atoms with Gasteiger partial charge in [0.25, 0.3) is 5.91 Å². The Labute approximate surface area is 172 Å². The van der Waals surface area contributed by atoms with Gasteiger partial charge in [0.2, 0.25) is 0 Å². The number of imide groups is 1. The van der Waals surface area contributed by atoms with Crippen LogP contribution >= 0.6 is 0 Å². The Kier molecular flexibility index (Phi) is 4.93. The number of carbonyl (C=O) groups excluding carboxylic acids is 2. The predicted molar refractivity (Wildman–Crippen MR) is 113 cm³/mol. The van der Waals surface area contributed by atoms with Gasteiger partial charge in [-0.05, 0) is 29.8 Å². The molecule has 1 aliphatic heterocycles. The van der Waals surface area contributed by atoms with Gasteiger partial charge in [0.15, 0.2) is 0 Å². The lowest BCUT2D eigenvalue weighted by molar-refractivity contribution is -0.122. The minimum atomic E-state index is -0.973. The van der Waals surface area contributed by atoms with Crippen LogP contribution in [0, 0.1) is 0 Å². The Hall–Kier alpha value is -4.13. The number of aromatic nitrogens is 1. The van der Waals surface area contributed by atoms with E-state index in [1.807, 2.05) is 41.1 Å². The average molecular weight is 401 g/mol. The lowest BCUT2D eigenvalue weighted by Gasteiger charge is -2.06. The number of nitrogens with zero attached hydrogens (tertiary/aromatic N) is 2. The molecule has 0 radical (unpaired) electrons. The van der Waals surface area contributed by atoms with E-state index < -0.39 is 17.9 Å². The topological polar surface area (TPSA) is 91.6 Å². The summed E-state index contributed by atoms with van der Waals surface area (Å²) in [6, 6.07) is 14.0. The van der Waals surface area contributed by atoms with Crippen LogP contribution in [0.2, 0.25) is 0 Å². The molecule has 0 unspecified atom stereocenters. The molecule has 1 aliphatic rings. The van der Waals surface area contributed by atoms with Crippen LogP contribution in [-0.4, -0.2) is 39.0 Å². The maximum atomic E-state index is 12.5. The fourth-order valence-electron chi connectivity index (χ4n) is 3.54. The summed E-state index contributed by atoms with van der Waals surface area (Å²) >= 11 is 0. The van der Waals surface area contributed by atoms with Crippen molar-refractivity contribution in [1.29, 1.82) is 0 Å². The highest BCUT2D eigenvalue weighted by molar-refractivity contribution is 6.14. The Morgan fingerprint density at radius 3 is 2.70 bits per heavy atom. The second-order valence-electron chi connectivity index (χ2n) is 6.93. The molecule has 7 heteroatoms. The van der Waals surface area contributed by atoms with Crippen LogP contribution in [0.5, 0.6) is 0 Å². The first-order valence-corrected chi connectivity index (χ1v) is 9.33. The molecular weight excluding hydrogens is 382 g/mol. The summed E-state index contributed by atoms with van der Waals surface area (Å²) in [6.07, 6.45) is 5.05. The average Bonchev–Trinajstić information content (AvgIpc) is 3.21. The van der Waals surface area contributed by atoms with Gasteiger partial charge in [-0.3, -0.25) is 9.69 Å². The molecule has 2 aromatic carbocycles. The molecule has 2 N–H and O–H groups in total. The maximum Gasteiger partial charge on any atom is 0.335 e. The molecular formula is C23H19N3O4. The van der Waals surface area contributed by atoms with Crippen LogP contribution in [0.15, 0.2) is 73.1 Å². The molecule has 3 amide bonds. The number of carbonyl (C=O) groups is 3. The monoisotopic (exact) mass is 401 g/mol. The summed E-state index contributed by atoms with van der Waals surface area (Å²) < 4.78 is 1.99. The summed E-state index contributed by atoms with van der Waals surface area (Å²) in [5, 5.41) is 12.8. The lowest BCUT2D eigenvalue weighted by atomic mass is 10.1. The number of carboxylic acid groups (broad SMARTS) is 1. The van der Waals surface area contributed by atoms with Gasteiger partial charge < -0.3 is 15.0 Å².